The van der Waals surface area contributed by atoms with Crippen LogP contribution in [-0.2, 0) is 16.6 Å². The molecule has 0 aliphatic carbocycles. The number of sulfonamides is 1. The molecular formula is C12H11ClFN3O2S. The number of hydrogen-bond acceptors (Lipinski definition) is 4. The lowest BCUT2D eigenvalue weighted by Crippen LogP contribution is -2.24. The van der Waals surface area contributed by atoms with Gasteiger partial charge in [0.15, 0.2) is 0 Å². The van der Waals surface area contributed by atoms with E-state index in [-0.39, 0.29) is 22.2 Å². The molecule has 2 rings (SSSR count). The summed E-state index contributed by atoms with van der Waals surface area (Å²) in [5.74, 6) is -0.765. The second-order valence-corrected chi connectivity index (χ2v) is 6.09. The molecule has 0 spiro atoms. The van der Waals surface area contributed by atoms with Gasteiger partial charge in [-0.15, -0.1) is 0 Å². The van der Waals surface area contributed by atoms with Gasteiger partial charge in [0.05, 0.1) is 22.9 Å². The maximum atomic E-state index is 13.2. The Morgan fingerprint density at radius 3 is 2.75 bits per heavy atom. The van der Waals surface area contributed by atoms with Crippen molar-refractivity contribution in [2.45, 2.75) is 11.4 Å². The molecule has 1 heterocycles. The Morgan fingerprint density at radius 1 is 1.35 bits per heavy atom. The molecule has 0 saturated heterocycles. The van der Waals surface area contributed by atoms with Crippen molar-refractivity contribution in [2.75, 3.05) is 5.73 Å². The highest BCUT2D eigenvalue weighted by Crippen LogP contribution is 2.26. The van der Waals surface area contributed by atoms with Crippen LogP contribution in [0.2, 0.25) is 5.02 Å². The fourth-order valence-corrected chi connectivity index (χ4v) is 3.05. The van der Waals surface area contributed by atoms with Gasteiger partial charge in [-0.25, -0.2) is 17.5 Å². The van der Waals surface area contributed by atoms with Gasteiger partial charge in [-0.1, -0.05) is 17.7 Å². The fourth-order valence-electron chi connectivity index (χ4n) is 1.50. The molecule has 0 fully saturated rings. The van der Waals surface area contributed by atoms with E-state index in [0.717, 1.165) is 12.1 Å². The third-order valence-corrected chi connectivity index (χ3v) is 4.38. The van der Waals surface area contributed by atoms with Crippen molar-refractivity contribution in [3.63, 3.8) is 0 Å². The topological polar surface area (TPSA) is 85.1 Å². The van der Waals surface area contributed by atoms with Crippen molar-refractivity contribution in [3.05, 3.63) is 53.1 Å². The molecule has 0 unspecified atom stereocenters. The number of rotatable bonds is 4. The molecule has 8 heteroatoms. The molecule has 0 saturated carbocycles. The summed E-state index contributed by atoms with van der Waals surface area (Å²) in [6.45, 7) is -0.00319. The molecule has 3 N–H and O–H groups in total. The van der Waals surface area contributed by atoms with Crippen LogP contribution < -0.4 is 10.5 Å². The van der Waals surface area contributed by atoms with Crippen molar-refractivity contribution in [2.24, 2.45) is 0 Å². The highest BCUT2D eigenvalue weighted by atomic mass is 35.5. The van der Waals surface area contributed by atoms with Crippen molar-refractivity contribution < 1.29 is 12.8 Å². The van der Waals surface area contributed by atoms with Gasteiger partial charge in [0, 0.05) is 6.20 Å². The normalized spacial score (nSPS) is 11.5. The molecule has 1 aromatic carbocycles. The smallest absolute Gasteiger partial charge is 0.242 e. The Kier molecular flexibility index (Phi) is 4.22. The second kappa shape index (κ2) is 5.74. The van der Waals surface area contributed by atoms with Gasteiger partial charge < -0.3 is 5.73 Å². The molecular weight excluding hydrogens is 305 g/mol. The molecule has 0 bridgehead atoms. The number of aromatic nitrogens is 1. The summed E-state index contributed by atoms with van der Waals surface area (Å²) in [4.78, 5) is 3.72. The van der Waals surface area contributed by atoms with E-state index < -0.39 is 15.8 Å². The number of nitrogens with zero attached hydrogens (tertiary/aromatic N) is 1. The summed E-state index contributed by atoms with van der Waals surface area (Å²) in [6.07, 6.45) is 1.55. The summed E-state index contributed by atoms with van der Waals surface area (Å²) in [5, 5.41) is -0.231. The van der Waals surface area contributed by atoms with E-state index in [1.165, 1.54) is 0 Å². The summed E-state index contributed by atoms with van der Waals surface area (Å²) in [6, 6.07) is 6.98. The van der Waals surface area contributed by atoms with E-state index in [4.69, 9.17) is 17.3 Å². The highest BCUT2D eigenvalue weighted by Gasteiger charge is 2.20. The third-order valence-electron chi connectivity index (χ3n) is 2.51. The third kappa shape index (κ3) is 3.24. The molecule has 0 amide bonds. The summed E-state index contributed by atoms with van der Waals surface area (Å²) in [7, 11) is -3.90. The molecule has 0 aliphatic rings. The molecule has 0 radical (unpaired) electrons. The minimum Gasteiger partial charge on any atom is -0.396 e. The molecule has 20 heavy (non-hydrogen) atoms. The van der Waals surface area contributed by atoms with Crippen LogP contribution in [-0.4, -0.2) is 13.4 Å². The maximum absolute atomic E-state index is 13.2. The Morgan fingerprint density at radius 2 is 2.10 bits per heavy atom. The van der Waals surface area contributed by atoms with Crippen molar-refractivity contribution in [1.29, 1.82) is 0 Å². The van der Waals surface area contributed by atoms with E-state index in [1.54, 1.807) is 24.4 Å². The minimum atomic E-state index is -3.90. The molecule has 5 nitrogen and oxygen atoms in total. The summed E-state index contributed by atoms with van der Waals surface area (Å²) >= 11 is 5.74. The standard InChI is InChI=1S/C12H11ClFN3O2S/c13-9-5-10(14)11(15)6-12(9)20(18,19)17-7-8-3-1-2-4-16-8/h1-6,17H,7,15H2. The first-order valence-corrected chi connectivity index (χ1v) is 7.40. The monoisotopic (exact) mass is 315 g/mol. The van der Waals surface area contributed by atoms with Crippen LogP contribution in [0.4, 0.5) is 10.1 Å². The summed E-state index contributed by atoms with van der Waals surface area (Å²) in [5.41, 5.74) is 5.61. The molecule has 1 aromatic heterocycles. The van der Waals surface area contributed by atoms with Gasteiger partial charge in [0.25, 0.3) is 0 Å². The van der Waals surface area contributed by atoms with E-state index in [1.807, 2.05) is 0 Å². The first-order chi connectivity index (χ1) is 9.40. The number of halogens is 2. The van der Waals surface area contributed by atoms with Gasteiger partial charge in [0.2, 0.25) is 10.0 Å². The van der Waals surface area contributed by atoms with Crippen LogP contribution in [0.15, 0.2) is 41.4 Å². The van der Waals surface area contributed by atoms with E-state index in [9.17, 15) is 12.8 Å². The Hall–Kier alpha value is -1.70. The molecule has 106 valence electrons. The molecule has 0 atom stereocenters. The van der Waals surface area contributed by atoms with Crippen LogP contribution in [0, 0.1) is 5.82 Å². The van der Waals surface area contributed by atoms with Crippen LogP contribution in [0.1, 0.15) is 5.69 Å². The largest absolute Gasteiger partial charge is 0.396 e. The minimum absolute atomic E-state index is 0.00319. The van der Waals surface area contributed by atoms with Crippen molar-refractivity contribution in [1.82, 2.24) is 9.71 Å². The lowest BCUT2D eigenvalue weighted by molar-refractivity contribution is 0.580. The van der Waals surface area contributed by atoms with Crippen molar-refractivity contribution in [3.8, 4) is 0 Å². The predicted octanol–water partition coefficient (Wildman–Crippen LogP) is 1.93. The van der Waals surface area contributed by atoms with E-state index in [2.05, 4.69) is 9.71 Å². The van der Waals surface area contributed by atoms with Crippen LogP contribution in [0.25, 0.3) is 0 Å². The zero-order valence-corrected chi connectivity index (χ0v) is 11.7. The first-order valence-electron chi connectivity index (χ1n) is 5.54. The molecule has 0 aliphatic heterocycles. The van der Waals surface area contributed by atoms with E-state index in [0.29, 0.717) is 5.69 Å². The van der Waals surface area contributed by atoms with Gasteiger partial charge in [-0.2, -0.15) is 0 Å². The first kappa shape index (κ1) is 14.7. The van der Waals surface area contributed by atoms with Crippen LogP contribution in [0.3, 0.4) is 0 Å². The van der Waals surface area contributed by atoms with Gasteiger partial charge in [-0.05, 0) is 24.3 Å². The average Bonchev–Trinajstić information content (AvgIpc) is 2.42. The predicted molar refractivity (Wildman–Crippen MR) is 74.1 cm³/mol. The zero-order chi connectivity index (χ0) is 14.8. The zero-order valence-electron chi connectivity index (χ0n) is 10.2. The number of nitrogen functional groups attached to an aromatic ring is 1. The van der Waals surface area contributed by atoms with E-state index >= 15 is 0 Å². The Labute approximate surface area is 120 Å². The van der Waals surface area contributed by atoms with Gasteiger partial charge >= 0.3 is 0 Å². The van der Waals surface area contributed by atoms with Gasteiger partial charge in [0.1, 0.15) is 10.7 Å². The number of pyridine rings is 1. The number of anilines is 1. The molecule has 2 aromatic rings. The fraction of sp³-hybridized carbons (Fsp3) is 0.0833. The average molecular weight is 316 g/mol. The Balaban J connectivity index is 2.25. The quantitative estimate of drug-likeness (QED) is 0.844. The Bertz CT molecular complexity index is 723. The van der Waals surface area contributed by atoms with Crippen molar-refractivity contribution >= 4 is 27.3 Å². The number of benzene rings is 1. The number of nitrogens with one attached hydrogen (secondary N) is 1. The van der Waals surface area contributed by atoms with Gasteiger partial charge in [-0.3, -0.25) is 4.98 Å². The maximum Gasteiger partial charge on any atom is 0.242 e. The highest BCUT2D eigenvalue weighted by molar-refractivity contribution is 7.89. The number of hydrogen-bond donors (Lipinski definition) is 2. The van der Waals surface area contributed by atoms with Crippen LogP contribution in [0.5, 0.6) is 0 Å². The summed E-state index contributed by atoms with van der Waals surface area (Å²) < 4.78 is 39.7. The number of nitrogens with two attached hydrogens (primary N) is 1. The lowest BCUT2D eigenvalue weighted by atomic mass is 10.3. The van der Waals surface area contributed by atoms with Crippen LogP contribution >= 0.6 is 11.6 Å². The second-order valence-electron chi connectivity index (χ2n) is 3.95. The lowest BCUT2D eigenvalue weighted by Gasteiger charge is -2.09. The SMILES string of the molecule is Nc1cc(S(=O)(=O)NCc2ccccn2)c(Cl)cc1F.